The van der Waals surface area contributed by atoms with Gasteiger partial charge in [0.05, 0.1) is 0 Å². The third-order valence-electron chi connectivity index (χ3n) is 6.82. The standard InChI is InChI=1S/C26H31N5O3/c1-30(26(33)17-32)22-9-11-31(16-22)15-18-2-3-20-13-23(6-4-19(20)12-18)34-25-7-5-21(14-27-25)24-8-10-28-29-24/h2-7,12-14,22,24,28-29,32H,8-11,15-17H2,1H3/t22-,24?/m1/s1. The first-order chi connectivity index (χ1) is 16.6. The number of hydrogen-bond donors (Lipinski definition) is 3. The van der Waals surface area contributed by atoms with E-state index < -0.39 is 6.61 Å². The van der Waals surface area contributed by atoms with Crippen LogP contribution in [0.5, 0.6) is 11.6 Å². The predicted octanol–water partition coefficient (Wildman–Crippen LogP) is 2.59. The van der Waals surface area contributed by atoms with Gasteiger partial charge in [-0.05, 0) is 52.9 Å². The molecule has 1 amide bonds. The van der Waals surface area contributed by atoms with Crippen LogP contribution in [0, 0.1) is 0 Å². The highest BCUT2D eigenvalue weighted by molar-refractivity contribution is 5.84. The Morgan fingerprint density at radius 2 is 2.03 bits per heavy atom. The highest BCUT2D eigenvalue weighted by Crippen LogP contribution is 2.27. The maximum atomic E-state index is 11.8. The van der Waals surface area contributed by atoms with Crippen molar-refractivity contribution in [3.05, 3.63) is 65.9 Å². The molecule has 3 heterocycles. The van der Waals surface area contributed by atoms with Gasteiger partial charge in [0.25, 0.3) is 0 Å². The molecular weight excluding hydrogens is 430 g/mol. The maximum Gasteiger partial charge on any atom is 0.248 e. The maximum absolute atomic E-state index is 11.8. The molecule has 0 spiro atoms. The zero-order chi connectivity index (χ0) is 23.5. The van der Waals surface area contributed by atoms with Gasteiger partial charge in [-0.15, -0.1) is 0 Å². The topological polar surface area (TPSA) is 90.0 Å². The number of benzene rings is 2. The Morgan fingerprint density at radius 1 is 1.18 bits per heavy atom. The van der Waals surface area contributed by atoms with Gasteiger partial charge in [0.2, 0.25) is 11.8 Å². The van der Waals surface area contributed by atoms with Crippen molar-refractivity contribution < 1.29 is 14.6 Å². The van der Waals surface area contributed by atoms with E-state index in [4.69, 9.17) is 9.84 Å². The van der Waals surface area contributed by atoms with Crippen LogP contribution in [0.25, 0.3) is 10.8 Å². The lowest BCUT2D eigenvalue weighted by Crippen LogP contribution is -2.40. The average Bonchev–Trinajstić information content (AvgIpc) is 3.56. The van der Waals surface area contributed by atoms with E-state index in [2.05, 4.69) is 51.1 Å². The molecule has 1 unspecified atom stereocenters. The molecule has 3 N–H and O–H groups in total. The molecule has 2 aromatic carbocycles. The van der Waals surface area contributed by atoms with E-state index in [1.165, 1.54) is 5.56 Å². The monoisotopic (exact) mass is 461 g/mol. The second-order valence-corrected chi connectivity index (χ2v) is 9.13. The number of ether oxygens (including phenoxy) is 1. The number of likely N-dealkylation sites (tertiary alicyclic amines) is 1. The lowest BCUT2D eigenvalue weighted by atomic mass is 10.1. The van der Waals surface area contributed by atoms with Gasteiger partial charge in [0, 0.05) is 57.6 Å². The predicted molar refractivity (Wildman–Crippen MR) is 130 cm³/mol. The molecule has 2 aliphatic rings. The Labute approximate surface area is 199 Å². The molecule has 5 rings (SSSR count). The zero-order valence-corrected chi connectivity index (χ0v) is 19.4. The van der Waals surface area contributed by atoms with Gasteiger partial charge >= 0.3 is 0 Å². The summed E-state index contributed by atoms with van der Waals surface area (Å²) < 4.78 is 6.00. The molecule has 0 aliphatic carbocycles. The molecule has 8 nitrogen and oxygen atoms in total. The quantitative estimate of drug-likeness (QED) is 0.498. The third-order valence-corrected chi connectivity index (χ3v) is 6.82. The van der Waals surface area contributed by atoms with Crippen LogP contribution in [0.4, 0.5) is 0 Å². The Hall–Kier alpha value is -3.04. The van der Waals surface area contributed by atoms with Crippen LogP contribution in [0.3, 0.4) is 0 Å². The van der Waals surface area contributed by atoms with Crippen molar-refractivity contribution >= 4 is 16.7 Å². The fourth-order valence-electron chi connectivity index (χ4n) is 4.79. The minimum Gasteiger partial charge on any atom is -0.439 e. The number of likely N-dealkylation sites (N-methyl/N-ethyl adjacent to an activating group) is 1. The number of aliphatic hydroxyl groups is 1. The number of rotatable bonds is 7. The Balaban J connectivity index is 1.21. The minimum atomic E-state index is -0.430. The Kier molecular flexibility index (Phi) is 6.73. The number of fused-ring (bicyclic) bond motifs is 1. The van der Waals surface area contributed by atoms with Crippen LogP contribution >= 0.6 is 0 Å². The largest absolute Gasteiger partial charge is 0.439 e. The van der Waals surface area contributed by atoms with Crippen molar-refractivity contribution in [1.82, 2.24) is 25.6 Å². The van der Waals surface area contributed by atoms with Crippen LogP contribution in [0.1, 0.15) is 30.0 Å². The van der Waals surface area contributed by atoms with Crippen molar-refractivity contribution in [3.8, 4) is 11.6 Å². The van der Waals surface area contributed by atoms with E-state index in [0.29, 0.717) is 11.9 Å². The summed E-state index contributed by atoms with van der Waals surface area (Å²) in [5.41, 5.74) is 8.78. The first-order valence-corrected chi connectivity index (χ1v) is 11.8. The Bertz CT molecular complexity index is 1150. The summed E-state index contributed by atoms with van der Waals surface area (Å²) in [6.07, 6.45) is 3.85. The van der Waals surface area contributed by atoms with Crippen molar-refractivity contribution in [2.24, 2.45) is 0 Å². The van der Waals surface area contributed by atoms with Crippen molar-refractivity contribution in [2.75, 3.05) is 33.3 Å². The van der Waals surface area contributed by atoms with Crippen LogP contribution in [0.15, 0.2) is 54.7 Å². The van der Waals surface area contributed by atoms with Crippen LogP contribution in [-0.2, 0) is 11.3 Å². The second kappa shape index (κ2) is 10.1. The van der Waals surface area contributed by atoms with Gasteiger partial charge in [-0.2, -0.15) is 0 Å². The van der Waals surface area contributed by atoms with Crippen molar-refractivity contribution in [1.29, 1.82) is 0 Å². The number of nitrogens with zero attached hydrogens (tertiary/aromatic N) is 3. The fraction of sp³-hybridized carbons (Fsp3) is 0.385. The molecule has 1 aromatic heterocycles. The second-order valence-electron chi connectivity index (χ2n) is 9.13. The van der Waals surface area contributed by atoms with E-state index in [0.717, 1.165) is 61.1 Å². The molecule has 178 valence electrons. The molecule has 2 atom stereocenters. The first kappa shape index (κ1) is 22.7. The van der Waals surface area contributed by atoms with Gasteiger partial charge in [-0.1, -0.05) is 24.3 Å². The highest BCUT2D eigenvalue weighted by Gasteiger charge is 2.28. The summed E-state index contributed by atoms with van der Waals surface area (Å²) in [5, 5.41) is 11.4. The number of amides is 1. The smallest absolute Gasteiger partial charge is 0.248 e. The summed E-state index contributed by atoms with van der Waals surface area (Å²) in [6.45, 7) is 3.14. The lowest BCUT2D eigenvalue weighted by molar-refractivity contribution is -0.134. The number of aromatic nitrogens is 1. The number of hydrogen-bond acceptors (Lipinski definition) is 7. The number of aliphatic hydroxyl groups excluding tert-OH is 1. The lowest BCUT2D eigenvalue weighted by Gasteiger charge is -2.24. The normalized spacial score (nSPS) is 20.6. The van der Waals surface area contributed by atoms with E-state index in [1.807, 2.05) is 24.4 Å². The summed E-state index contributed by atoms with van der Waals surface area (Å²) in [4.78, 5) is 20.3. The molecule has 0 bridgehead atoms. The summed E-state index contributed by atoms with van der Waals surface area (Å²) >= 11 is 0. The Morgan fingerprint density at radius 3 is 2.79 bits per heavy atom. The molecular formula is C26H31N5O3. The molecule has 3 aromatic rings. The number of pyridine rings is 1. The number of carbonyl (C=O) groups is 1. The van der Waals surface area contributed by atoms with Crippen molar-refractivity contribution in [3.63, 3.8) is 0 Å². The highest BCUT2D eigenvalue weighted by atomic mass is 16.5. The van der Waals surface area contributed by atoms with Crippen LogP contribution < -0.4 is 15.6 Å². The zero-order valence-electron chi connectivity index (χ0n) is 19.4. The minimum absolute atomic E-state index is 0.161. The van der Waals surface area contributed by atoms with Gasteiger partial charge in [-0.3, -0.25) is 20.5 Å². The van der Waals surface area contributed by atoms with E-state index in [1.54, 1.807) is 11.9 Å². The van der Waals surface area contributed by atoms with Crippen LogP contribution in [0.2, 0.25) is 0 Å². The van der Waals surface area contributed by atoms with E-state index in [9.17, 15) is 4.79 Å². The van der Waals surface area contributed by atoms with Gasteiger partial charge in [0.15, 0.2) is 0 Å². The summed E-state index contributed by atoms with van der Waals surface area (Å²) in [5.74, 6) is 1.13. The molecule has 2 aliphatic heterocycles. The summed E-state index contributed by atoms with van der Waals surface area (Å²) in [6, 6.07) is 17.0. The van der Waals surface area contributed by atoms with E-state index >= 15 is 0 Å². The number of nitrogens with one attached hydrogen (secondary N) is 2. The molecule has 0 saturated carbocycles. The molecule has 2 saturated heterocycles. The molecule has 8 heteroatoms. The van der Waals surface area contributed by atoms with Gasteiger partial charge in [0.1, 0.15) is 12.4 Å². The summed E-state index contributed by atoms with van der Waals surface area (Å²) in [7, 11) is 1.77. The number of carbonyl (C=O) groups excluding carboxylic acids is 1. The number of hydrazine groups is 1. The van der Waals surface area contributed by atoms with Crippen molar-refractivity contribution in [2.45, 2.75) is 31.5 Å². The van der Waals surface area contributed by atoms with E-state index in [-0.39, 0.29) is 11.9 Å². The molecule has 0 radical (unpaired) electrons. The fourth-order valence-corrected chi connectivity index (χ4v) is 4.79. The SMILES string of the molecule is CN(C(=O)CO)[C@@H]1CCN(Cc2ccc3cc(Oc4ccc(C5CCNN5)cn4)ccc3c2)C1. The molecule has 34 heavy (non-hydrogen) atoms. The average molecular weight is 462 g/mol. The van der Waals surface area contributed by atoms with Gasteiger partial charge in [-0.25, -0.2) is 4.98 Å². The van der Waals surface area contributed by atoms with Crippen LogP contribution in [-0.4, -0.2) is 65.1 Å². The molecule has 2 fully saturated rings. The first-order valence-electron chi connectivity index (χ1n) is 11.8. The van der Waals surface area contributed by atoms with Gasteiger partial charge < -0.3 is 14.7 Å². The third kappa shape index (κ3) is 5.05.